The van der Waals surface area contributed by atoms with Gasteiger partial charge in [0.05, 0.1) is 6.34 Å². The number of rotatable bonds is 3. The zero-order valence-electron chi connectivity index (χ0n) is 12.0. The molecule has 0 radical (unpaired) electrons. The van der Waals surface area contributed by atoms with Gasteiger partial charge < -0.3 is 10.6 Å². The van der Waals surface area contributed by atoms with E-state index >= 15 is 0 Å². The number of nitrogens with one attached hydrogen (secondary N) is 2. The number of carbonyl (C=O) groups excluding carboxylic acids is 1. The number of pyridine rings is 1. The maximum Gasteiger partial charge on any atom is 0.228 e. The fraction of sp³-hybridized carbons (Fsp3) is 0.235. The highest BCUT2D eigenvalue weighted by Crippen LogP contribution is 2.30. The molecule has 1 aromatic carbocycles. The highest BCUT2D eigenvalue weighted by atomic mass is 16.2. The van der Waals surface area contributed by atoms with Crippen LogP contribution in [-0.2, 0) is 4.79 Å². The van der Waals surface area contributed by atoms with Crippen LogP contribution < -0.4 is 10.6 Å². The smallest absolute Gasteiger partial charge is 0.228 e. The van der Waals surface area contributed by atoms with Crippen molar-refractivity contribution in [3.63, 3.8) is 0 Å². The van der Waals surface area contributed by atoms with E-state index in [9.17, 15) is 4.79 Å². The maximum atomic E-state index is 11.8. The minimum atomic E-state index is 0.0831. The van der Waals surface area contributed by atoms with Crippen molar-refractivity contribution in [3.05, 3.63) is 42.2 Å². The predicted molar refractivity (Wildman–Crippen MR) is 87.6 cm³/mol. The lowest BCUT2D eigenvalue weighted by molar-refractivity contribution is -0.117. The van der Waals surface area contributed by atoms with Crippen molar-refractivity contribution in [1.29, 1.82) is 0 Å². The summed E-state index contributed by atoms with van der Waals surface area (Å²) < 4.78 is 0. The SMILES string of the molecule is O=C(Nc1cc2ccc(C3=CN=CNC3)cc2cn1)C1CC1. The monoisotopic (exact) mass is 292 g/mol. The zero-order chi connectivity index (χ0) is 14.9. The minimum Gasteiger partial charge on any atom is -0.372 e. The van der Waals surface area contributed by atoms with E-state index in [1.807, 2.05) is 12.3 Å². The molecule has 2 aliphatic rings. The quantitative estimate of drug-likeness (QED) is 0.913. The van der Waals surface area contributed by atoms with E-state index < -0.39 is 0 Å². The Labute approximate surface area is 128 Å². The molecule has 5 nitrogen and oxygen atoms in total. The van der Waals surface area contributed by atoms with E-state index in [4.69, 9.17) is 0 Å². The van der Waals surface area contributed by atoms with E-state index in [1.54, 1.807) is 12.5 Å². The zero-order valence-corrected chi connectivity index (χ0v) is 12.0. The molecule has 0 unspecified atom stereocenters. The van der Waals surface area contributed by atoms with Gasteiger partial charge in [-0.2, -0.15) is 0 Å². The lowest BCUT2D eigenvalue weighted by Gasteiger charge is -2.11. The van der Waals surface area contributed by atoms with Gasteiger partial charge in [-0.05, 0) is 41.5 Å². The fourth-order valence-corrected chi connectivity index (χ4v) is 2.54. The third kappa shape index (κ3) is 2.57. The van der Waals surface area contributed by atoms with Crippen LogP contribution in [0, 0.1) is 5.92 Å². The Bertz CT molecular complexity index is 805. The van der Waals surface area contributed by atoms with Crippen molar-refractivity contribution in [1.82, 2.24) is 10.3 Å². The third-order valence-corrected chi connectivity index (χ3v) is 3.98. The highest BCUT2D eigenvalue weighted by molar-refractivity contribution is 5.95. The van der Waals surface area contributed by atoms with Crippen LogP contribution in [0.2, 0.25) is 0 Å². The van der Waals surface area contributed by atoms with Gasteiger partial charge in [-0.25, -0.2) is 9.98 Å². The average Bonchev–Trinajstić information content (AvgIpc) is 3.40. The van der Waals surface area contributed by atoms with Crippen LogP contribution in [0.15, 0.2) is 41.7 Å². The summed E-state index contributed by atoms with van der Waals surface area (Å²) in [7, 11) is 0. The van der Waals surface area contributed by atoms with Gasteiger partial charge in [0.15, 0.2) is 0 Å². The Kier molecular flexibility index (Phi) is 3.11. The van der Waals surface area contributed by atoms with Crippen LogP contribution in [0.25, 0.3) is 16.3 Å². The standard InChI is InChI=1S/C17H16N4O/c22-17(11-1-2-11)21-16-6-13-4-3-12(5-14(13)9-20-16)15-7-18-10-19-8-15/h3-7,9-11H,1-2,8H2,(H,18,19)(H,20,21,22). The first-order valence-electron chi connectivity index (χ1n) is 7.45. The third-order valence-electron chi connectivity index (χ3n) is 3.98. The second-order valence-electron chi connectivity index (χ2n) is 5.71. The van der Waals surface area contributed by atoms with Gasteiger partial charge >= 0.3 is 0 Å². The van der Waals surface area contributed by atoms with Crippen molar-refractivity contribution in [3.8, 4) is 0 Å². The summed E-state index contributed by atoms with van der Waals surface area (Å²) in [6.07, 6.45) is 7.36. The molecular formula is C17H16N4O. The fourth-order valence-electron chi connectivity index (χ4n) is 2.54. The van der Waals surface area contributed by atoms with Gasteiger partial charge in [-0.3, -0.25) is 4.79 Å². The number of nitrogens with zero attached hydrogens (tertiary/aromatic N) is 2. The molecule has 2 aromatic rings. The summed E-state index contributed by atoms with van der Waals surface area (Å²) in [6, 6.07) is 8.15. The number of carbonyl (C=O) groups is 1. The molecule has 1 aromatic heterocycles. The highest BCUT2D eigenvalue weighted by Gasteiger charge is 2.29. The molecular weight excluding hydrogens is 276 g/mol. The number of amides is 1. The van der Waals surface area contributed by atoms with Crippen molar-refractivity contribution in [2.75, 3.05) is 11.9 Å². The molecule has 1 saturated carbocycles. The first-order chi connectivity index (χ1) is 10.8. The Hall–Kier alpha value is -2.69. The average molecular weight is 292 g/mol. The normalized spacial score (nSPS) is 17.0. The van der Waals surface area contributed by atoms with Crippen LogP contribution in [0.4, 0.5) is 5.82 Å². The summed E-state index contributed by atoms with van der Waals surface area (Å²) in [5.74, 6) is 0.895. The molecule has 5 heteroatoms. The Morgan fingerprint density at radius 2 is 2.14 bits per heavy atom. The van der Waals surface area contributed by atoms with Gasteiger partial charge in [0.2, 0.25) is 5.91 Å². The van der Waals surface area contributed by atoms with Gasteiger partial charge in [-0.1, -0.05) is 12.1 Å². The molecule has 0 saturated heterocycles. The Morgan fingerprint density at radius 3 is 2.91 bits per heavy atom. The van der Waals surface area contributed by atoms with Crippen molar-refractivity contribution in [2.24, 2.45) is 10.9 Å². The number of aromatic nitrogens is 1. The number of aliphatic imine (C=N–C) groups is 1. The van der Waals surface area contributed by atoms with E-state index in [0.717, 1.165) is 41.3 Å². The van der Waals surface area contributed by atoms with E-state index in [1.165, 1.54) is 0 Å². The second kappa shape index (κ2) is 5.26. The molecule has 1 amide bonds. The molecule has 0 bridgehead atoms. The number of hydrogen-bond acceptors (Lipinski definition) is 4. The number of benzene rings is 1. The van der Waals surface area contributed by atoms with Gasteiger partial charge in [0.1, 0.15) is 5.82 Å². The lowest BCUT2D eigenvalue weighted by atomic mass is 10.0. The van der Waals surface area contributed by atoms with Gasteiger partial charge in [0, 0.05) is 30.2 Å². The van der Waals surface area contributed by atoms with Crippen molar-refractivity contribution >= 4 is 34.4 Å². The number of hydrogen-bond donors (Lipinski definition) is 2. The van der Waals surface area contributed by atoms with Crippen LogP contribution in [0.3, 0.4) is 0 Å². The molecule has 110 valence electrons. The molecule has 0 atom stereocenters. The Morgan fingerprint density at radius 1 is 1.23 bits per heavy atom. The second-order valence-corrected chi connectivity index (χ2v) is 5.71. The molecule has 1 fully saturated rings. The molecule has 2 N–H and O–H groups in total. The minimum absolute atomic E-state index is 0.0831. The molecule has 1 aliphatic carbocycles. The largest absolute Gasteiger partial charge is 0.372 e. The maximum absolute atomic E-state index is 11.8. The topological polar surface area (TPSA) is 66.4 Å². The van der Waals surface area contributed by atoms with E-state index in [-0.39, 0.29) is 11.8 Å². The van der Waals surface area contributed by atoms with Crippen molar-refractivity contribution < 1.29 is 4.79 Å². The summed E-state index contributed by atoms with van der Waals surface area (Å²) in [5, 5.41) is 8.11. The van der Waals surface area contributed by atoms with Crippen LogP contribution >= 0.6 is 0 Å². The van der Waals surface area contributed by atoms with E-state index in [0.29, 0.717) is 5.82 Å². The Balaban J connectivity index is 1.62. The predicted octanol–water partition coefficient (Wildman–Crippen LogP) is 2.56. The first kappa shape index (κ1) is 13.0. The molecule has 22 heavy (non-hydrogen) atoms. The van der Waals surface area contributed by atoms with Crippen molar-refractivity contribution in [2.45, 2.75) is 12.8 Å². The lowest BCUT2D eigenvalue weighted by Crippen LogP contribution is -2.16. The summed E-state index contributed by atoms with van der Waals surface area (Å²) >= 11 is 0. The number of fused-ring (bicyclic) bond motifs is 1. The van der Waals surface area contributed by atoms with Crippen LogP contribution in [0.1, 0.15) is 18.4 Å². The van der Waals surface area contributed by atoms with Gasteiger partial charge in [-0.15, -0.1) is 0 Å². The summed E-state index contributed by atoms with van der Waals surface area (Å²) in [6.45, 7) is 0.776. The van der Waals surface area contributed by atoms with E-state index in [2.05, 4.69) is 38.8 Å². The molecule has 1 aliphatic heterocycles. The van der Waals surface area contributed by atoms with Crippen LogP contribution in [0.5, 0.6) is 0 Å². The number of anilines is 1. The molecule has 4 rings (SSSR count). The molecule has 2 heterocycles. The van der Waals surface area contributed by atoms with Gasteiger partial charge in [0.25, 0.3) is 0 Å². The van der Waals surface area contributed by atoms with Crippen LogP contribution in [-0.4, -0.2) is 23.8 Å². The first-order valence-corrected chi connectivity index (χ1v) is 7.45. The summed E-state index contributed by atoms with van der Waals surface area (Å²) in [4.78, 5) is 20.3. The summed E-state index contributed by atoms with van der Waals surface area (Å²) in [5.41, 5.74) is 2.28. The molecule has 0 spiro atoms.